The van der Waals surface area contributed by atoms with Crippen LogP contribution in [-0.4, -0.2) is 21.6 Å². The molecule has 0 aromatic heterocycles. The molecule has 1 unspecified atom stereocenters. The summed E-state index contributed by atoms with van der Waals surface area (Å²) in [6.45, 7) is 3.54. The number of sulfonamides is 1. The lowest BCUT2D eigenvalue weighted by Gasteiger charge is -2.18. The summed E-state index contributed by atoms with van der Waals surface area (Å²) in [7, 11) is -2.45. The fourth-order valence-corrected chi connectivity index (χ4v) is 3.34. The van der Waals surface area contributed by atoms with Crippen molar-refractivity contribution in [1.29, 1.82) is 0 Å². The van der Waals surface area contributed by atoms with Gasteiger partial charge in [-0.2, -0.15) is 0 Å². The van der Waals surface area contributed by atoms with E-state index in [2.05, 4.69) is 5.32 Å². The molecule has 8 heteroatoms. The van der Waals surface area contributed by atoms with E-state index in [9.17, 15) is 13.2 Å². The fraction of sp³-hybridized carbons (Fsp3) is 0.235. The zero-order valence-electron chi connectivity index (χ0n) is 14.0. The van der Waals surface area contributed by atoms with E-state index in [4.69, 9.17) is 16.3 Å². The number of halogens is 1. The molecular formula is C17H19ClN2O4S. The third kappa shape index (κ3) is 4.87. The monoisotopic (exact) mass is 382 g/mol. The number of carbonyl (C=O) groups excluding carboxylic acids is 1. The molecule has 6 nitrogen and oxygen atoms in total. The van der Waals surface area contributed by atoms with Crippen molar-refractivity contribution in [3.8, 4) is 5.75 Å². The third-order valence-corrected chi connectivity index (χ3v) is 5.15. The molecule has 2 amide bonds. The van der Waals surface area contributed by atoms with Crippen molar-refractivity contribution in [3.05, 3.63) is 58.6 Å². The molecule has 2 aromatic carbocycles. The van der Waals surface area contributed by atoms with Crippen molar-refractivity contribution in [2.45, 2.75) is 24.8 Å². The van der Waals surface area contributed by atoms with Gasteiger partial charge in [0.15, 0.2) is 0 Å². The molecule has 0 aliphatic carbocycles. The van der Waals surface area contributed by atoms with E-state index < -0.39 is 22.1 Å². The van der Waals surface area contributed by atoms with Crippen molar-refractivity contribution >= 4 is 27.7 Å². The predicted octanol–water partition coefficient (Wildman–Crippen LogP) is 3.41. The molecule has 0 radical (unpaired) electrons. The normalized spacial score (nSPS) is 12.3. The summed E-state index contributed by atoms with van der Waals surface area (Å²) < 4.78 is 31.7. The molecular weight excluding hydrogens is 364 g/mol. The zero-order valence-corrected chi connectivity index (χ0v) is 15.6. The number of amides is 2. The Morgan fingerprint density at radius 3 is 2.40 bits per heavy atom. The van der Waals surface area contributed by atoms with Crippen LogP contribution < -0.4 is 14.8 Å². The summed E-state index contributed by atoms with van der Waals surface area (Å²) in [5.74, 6) is 0.540. The average molecular weight is 383 g/mol. The number of rotatable bonds is 5. The maximum Gasteiger partial charge on any atom is 0.329 e. The Morgan fingerprint density at radius 2 is 1.80 bits per heavy atom. The predicted molar refractivity (Wildman–Crippen MR) is 96.5 cm³/mol. The Hall–Kier alpha value is -2.25. The van der Waals surface area contributed by atoms with Crippen LogP contribution in [-0.2, 0) is 10.0 Å². The number of ether oxygens (including phenoxy) is 1. The molecule has 25 heavy (non-hydrogen) atoms. The lowest BCUT2D eigenvalue weighted by atomic mass is 10.1. The number of nitrogens with one attached hydrogen (secondary N) is 2. The Bertz CT molecular complexity index is 867. The average Bonchev–Trinajstić information content (AvgIpc) is 2.54. The summed E-state index contributed by atoms with van der Waals surface area (Å²) in [6, 6.07) is 9.84. The second-order valence-electron chi connectivity index (χ2n) is 5.50. The standard InChI is InChI=1S/C17H19ClN2O4S/c1-11-4-7-14(8-5-11)25(22,23)20-17(21)19-12(2)15-10-13(18)6-9-16(15)24-3/h4-10,12H,1-3H3,(H2,19,20,21). The van der Waals surface area contributed by atoms with Gasteiger partial charge in [0.1, 0.15) is 5.75 Å². The minimum atomic E-state index is -3.95. The number of methoxy groups -OCH3 is 1. The van der Waals surface area contributed by atoms with E-state index in [0.29, 0.717) is 16.3 Å². The molecule has 0 bridgehead atoms. The highest BCUT2D eigenvalue weighted by Gasteiger charge is 2.20. The lowest BCUT2D eigenvalue weighted by molar-refractivity contribution is 0.242. The van der Waals surface area contributed by atoms with Crippen LogP contribution >= 0.6 is 11.6 Å². The second-order valence-corrected chi connectivity index (χ2v) is 7.62. The molecule has 2 N–H and O–H groups in total. The molecule has 0 spiro atoms. The van der Waals surface area contributed by atoms with E-state index in [0.717, 1.165) is 5.56 Å². The lowest BCUT2D eigenvalue weighted by Crippen LogP contribution is -2.40. The molecule has 134 valence electrons. The highest BCUT2D eigenvalue weighted by atomic mass is 35.5. The second kappa shape index (κ2) is 7.76. The van der Waals surface area contributed by atoms with Crippen LogP contribution in [0.15, 0.2) is 47.4 Å². The van der Waals surface area contributed by atoms with Gasteiger partial charge in [-0.15, -0.1) is 0 Å². The van der Waals surface area contributed by atoms with E-state index in [1.807, 2.05) is 11.6 Å². The number of hydrogen-bond donors (Lipinski definition) is 2. The first-order chi connectivity index (χ1) is 11.7. The van der Waals surface area contributed by atoms with Crippen molar-refractivity contribution in [1.82, 2.24) is 10.0 Å². The molecule has 1 atom stereocenters. The summed E-state index contributed by atoms with van der Waals surface area (Å²) in [6.07, 6.45) is 0. The van der Waals surface area contributed by atoms with Crippen LogP contribution in [0.2, 0.25) is 5.02 Å². The van der Waals surface area contributed by atoms with Gasteiger partial charge >= 0.3 is 6.03 Å². The topological polar surface area (TPSA) is 84.5 Å². The quantitative estimate of drug-likeness (QED) is 0.829. The van der Waals surface area contributed by atoms with Gasteiger partial charge in [0.05, 0.1) is 18.0 Å². The van der Waals surface area contributed by atoms with E-state index in [1.165, 1.54) is 19.2 Å². The highest BCUT2D eigenvalue weighted by Crippen LogP contribution is 2.28. The Morgan fingerprint density at radius 1 is 1.16 bits per heavy atom. The molecule has 2 aromatic rings. The van der Waals surface area contributed by atoms with Gasteiger partial charge in [-0.25, -0.2) is 17.9 Å². The first kappa shape index (κ1) is 19.1. The number of hydrogen-bond acceptors (Lipinski definition) is 4. The van der Waals surface area contributed by atoms with Crippen molar-refractivity contribution in [3.63, 3.8) is 0 Å². The fourth-order valence-electron chi connectivity index (χ4n) is 2.25. The van der Waals surface area contributed by atoms with Gasteiger partial charge in [-0.05, 0) is 44.2 Å². The maximum absolute atomic E-state index is 12.2. The van der Waals surface area contributed by atoms with E-state index in [-0.39, 0.29) is 4.90 Å². The van der Waals surface area contributed by atoms with E-state index in [1.54, 1.807) is 37.3 Å². The number of carbonyl (C=O) groups is 1. The zero-order chi connectivity index (χ0) is 18.6. The Labute approximate surface area is 152 Å². The number of aryl methyl sites for hydroxylation is 1. The smallest absolute Gasteiger partial charge is 0.329 e. The summed E-state index contributed by atoms with van der Waals surface area (Å²) in [5.41, 5.74) is 1.56. The molecule has 2 rings (SSSR count). The van der Waals surface area contributed by atoms with Gasteiger partial charge in [0.25, 0.3) is 10.0 Å². The summed E-state index contributed by atoms with van der Waals surface area (Å²) >= 11 is 5.97. The van der Waals surface area contributed by atoms with Crippen LogP contribution in [0.25, 0.3) is 0 Å². The first-order valence-corrected chi connectivity index (χ1v) is 9.32. The third-order valence-electron chi connectivity index (χ3n) is 3.56. The molecule has 0 heterocycles. The van der Waals surface area contributed by atoms with Gasteiger partial charge in [0, 0.05) is 10.6 Å². The van der Waals surface area contributed by atoms with Gasteiger partial charge in [-0.3, -0.25) is 0 Å². The molecule has 0 aliphatic heterocycles. The maximum atomic E-state index is 12.2. The van der Waals surface area contributed by atoms with E-state index >= 15 is 0 Å². The minimum Gasteiger partial charge on any atom is -0.496 e. The van der Waals surface area contributed by atoms with Crippen LogP contribution in [0.4, 0.5) is 4.79 Å². The number of benzene rings is 2. The van der Waals surface area contributed by atoms with Crippen LogP contribution in [0.5, 0.6) is 5.75 Å². The van der Waals surface area contributed by atoms with Gasteiger partial charge < -0.3 is 10.1 Å². The molecule has 0 fully saturated rings. The number of urea groups is 1. The van der Waals surface area contributed by atoms with Gasteiger partial charge in [-0.1, -0.05) is 29.3 Å². The molecule has 0 saturated carbocycles. The summed E-state index contributed by atoms with van der Waals surface area (Å²) in [4.78, 5) is 12.1. The molecule has 0 aliphatic rings. The van der Waals surface area contributed by atoms with Crippen molar-refractivity contribution < 1.29 is 17.9 Å². The van der Waals surface area contributed by atoms with Crippen LogP contribution in [0.1, 0.15) is 24.1 Å². The molecule has 0 saturated heterocycles. The van der Waals surface area contributed by atoms with Crippen molar-refractivity contribution in [2.24, 2.45) is 0 Å². The highest BCUT2D eigenvalue weighted by molar-refractivity contribution is 7.90. The summed E-state index contributed by atoms with van der Waals surface area (Å²) in [5, 5.41) is 3.05. The van der Waals surface area contributed by atoms with Gasteiger partial charge in [0.2, 0.25) is 0 Å². The van der Waals surface area contributed by atoms with Crippen LogP contribution in [0, 0.1) is 6.92 Å². The first-order valence-electron chi connectivity index (χ1n) is 7.46. The van der Waals surface area contributed by atoms with Crippen LogP contribution in [0.3, 0.4) is 0 Å². The Balaban J connectivity index is 2.12. The largest absolute Gasteiger partial charge is 0.496 e. The minimum absolute atomic E-state index is 0.0150. The SMILES string of the molecule is COc1ccc(Cl)cc1C(C)NC(=O)NS(=O)(=O)c1ccc(C)cc1. The Kier molecular flexibility index (Phi) is 5.92. The van der Waals surface area contributed by atoms with Crippen molar-refractivity contribution in [2.75, 3.05) is 7.11 Å².